The number of guanidine groups is 1. The van der Waals surface area contributed by atoms with E-state index in [9.17, 15) is 10.1 Å². The first-order valence-electron chi connectivity index (χ1n) is 10.0. The summed E-state index contributed by atoms with van der Waals surface area (Å²) < 4.78 is 5.79. The van der Waals surface area contributed by atoms with Crippen molar-refractivity contribution in [3.63, 3.8) is 0 Å². The second-order valence-corrected chi connectivity index (χ2v) is 7.43. The van der Waals surface area contributed by atoms with Crippen molar-refractivity contribution in [3.8, 4) is 22.9 Å². The summed E-state index contributed by atoms with van der Waals surface area (Å²) in [7, 11) is 0. The smallest absolute Gasteiger partial charge is 0.237 e. The lowest BCUT2D eigenvalue weighted by Gasteiger charge is -2.30. The normalized spacial score (nSPS) is 14.6. The lowest BCUT2D eigenvalue weighted by Crippen LogP contribution is -2.44. The summed E-state index contributed by atoms with van der Waals surface area (Å²) in [5.74, 6) is -0.299. The van der Waals surface area contributed by atoms with E-state index in [1.54, 1.807) is 6.07 Å². The predicted molar refractivity (Wildman–Crippen MR) is 118 cm³/mol. The van der Waals surface area contributed by atoms with Gasteiger partial charge >= 0.3 is 0 Å². The van der Waals surface area contributed by atoms with Crippen molar-refractivity contribution in [2.75, 3.05) is 6.61 Å². The number of rotatable bonds is 4. The Hall–Kier alpha value is -4.11. The van der Waals surface area contributed by atoms with E-state index in [1.807, 2.05) is 66.7 Å². The van der Waals surface area contributed by atoms with Gasteiger partial charge in [-0.1, -0.05) is 48.5 Å². The highest BCUT2D eigenvalue weighted by molar-refractivity contribution is 5.98. The summed E-state index contributed by atoms with van der Waals surface area (Å²) in [6.07, 6.45) is 0.506. The van der Waals surface area contributed by atoms with Crippen LogP contribution in [0.4, 0.5) is 0 Å². The summed E-state index contributed by atoms with van der Waals surface area (Å²) in [6, 6.07) is 24.7. The van der Waals surface area contributed by atoms with E-state index in [0.29, 0.717) is 24.3 Å². The Kier molecular flexibility index (Phi) is 5.67. The molecule has 3 N–H and O–H groups in total. The van der Waals surface area contributed by atoms with Gasteiger partial charge in [0.05, 0.1) is 30.7 Å². The highest BCUT2D eigenvalue weighted by Gasteiger charge is 2.32. The van der Waals surface area contributed by atoms with E-state index in [4.69, 9.17) is 15.9 Å². The first kappa shape index (κ1) is 20.2. The summed E-state index contributed by atoms with van der Waals surface area (Å²) in [4.78, 5) is 14.8. The molecule has 0 radical (unpaired) electrons. The van der Waals surface area contributed by atoms with Gasteiger partial charge in [-0.15, -0.1) is 0 Å². The second kappa shape index (κ2) is 8.72. The lowest BCUT2D eigenvalue weighted by molar-refractivity contribution is -0.130. The van der Waals surface area contributed by atoms with E-state index >= 15 is 0 Å². The van der Waals surface area contributed by atoms with Crippen LogP contribution in [-0.2, 0) is 11.3 Å². The number of benzene rings is 3. The number of hydrogen-bond donors (Lipinski definition) is 2. The van der Waals surface area contributed by atoms with Gasteiger partial charge in [0.2, 0.25) is 5.91 Å². The molecule has 0 spiro atoms. The predicted octanol–water partition coefficient (Wildman–Crippen LogP) is 4.01. The monoisotopic (exact) mass is 410 g/mol. The average molecular weight is 410 g/mol. The zero-order valence-corrected chi connectivity index (χ0v) is 16.9. The van der Waals surface area contributed by atoms with E-state index in [2.05, 4.69) is 6.07 Å². The molecule has 0 fully saturated rings. The maximum absolute atomic E-state index is 13.5. The number of carbonyl (C=O) groups is 1. The number of ether oxygens (including phenoxy) is 1. The van der Waals surface area contributed by atoms with Crippen molar-refractivity contribution in [2.24, 2.45) is 5.73 Å². The molecule has 0 saturated carbocycles. The Morgan fingerprint density at radius 1 is 1.10 bits per heavy atom. The van der Waals surface area contributed by atoms with Crippen LogP contribution in [0.25, 0.3) is 11.1 Å². The second-order valence-electron chi connectivity index (χ2n) is 7.43. The molecule has 1 heterocycles. The largest absolute Gasteiger partial charge is 0.493 e. The maximum Gasteiger partial charge on any atom is 0.237 e. The maximum atomic E-state index is 13.5. The van der Waals surface area contributed by atoms with E-state index in [0.717, 1.165) is 22.3 Å². The Bertz CT molecular complexity index is 1170. The lowest BCUT2D eigenvalue weighted by atomic mass is 9.89. The van der Waals surface area contributed by atoms with Gasteiger partial charge in [-0.25, -0.2) is 0 Å². The van der Waals surface area contributed by atoms with Crippen molar-refractivity contribution in [2.45, 2.75) is 18.9 Å². The average Bonchev–Trinajstić information content (AvgIpc) is 2.82. The number of fused-ring (bicyclic) bond motifs is 1. The number of nitriles is 1. The van der Waals surface area contributed by atoms with Gasteiger partial charge in [0.25, 0.3) is 0 Å². The van der Waals surface area contributed by atoms with Gasteiger partial charge in [0, 0.05) is 5.56 Å². The molecule has 6 nitrogen and oxygen atoms in total. The third-order valence-electron chi connectivity index (χ3n) is 5.41. The molecule has 6 heteroatoms. The van der Waals surface area contributed by atoms with Crippen LogP contribution < -0.4 is 10.5 Å². The Balaban J connectivity index is 1.68. The summed E-state index contributed by atoms with van der Waals surface area (Å²) in [5.41, 5.74) is 9.84. The van der Waals surface area contributed by atoms with Crippen LogP contribution >= 0.6 is 0 Å². The molecule has 0 aromatic heterocycles. The number of nitrogens with zero attached hydrogens (tertiary/aromatic N) is 2. The third kappa shape index (κ3) is 4.26. The van der Waals surface area contributed by atoms with Gasteiger partial charge in [-0.05, 0) is 47.4 Å². The topological polar surface area (TPSA) is 103 Å². The molecule has 3 aromatic carbocycles. The van der Waals surface area contributed by atoms with Gasteiger partial charge in [0.1, 0.15) is 5.75 Å². The molecule has 1 unspecified atom stereocenters. The van der Waals surface area contributed by atoms with Crippen LogP contribution in [0.5, 0.6) is 5.75 Å². The molecule has 154 valence electrons. The molecule has 0 saturated heterocycles. The van der Waals surface area contributed by atoms with E-state index in [-0.39, 0.29) is 18.4 Å². The minimum absolute atomic E-state index is 0.219. The van der Waals surface area contributed by atoms with Crippen LogP contribution in [0.3, 0.4) is 0 Å². The zero-order chi connectivity index (χ0) is 21.8. The number of carbonyl (C=O) groups excluding carboxylic acids is 1. The van der Waals surface area contributed by atoms with Crippen LogP contribution in [0.2, 0.25) is 0 Å². The van der Waals surface area contributed by atoms with Crippen LogP contribution in [0.15, 0.2) is 72.8 Å². The molecule has 0 aliphatic carbocycles. The van der Waals surface area contributed by atoms with Crippen molar-refractivity contribution in [1.82, 2.24) is 4.90 Å². The van der Waals surface area contributed by atoms with Gasteiger partial charge < -0.3 is 10.5 Å². The minimum atomic E-state index is -0.463. The van der Waals surface area contributed by atoms with Gasteiger partial charge in [0.15, 0.2) is 5.96 Å². The minimum Gasteiger partial charge on any atom is -0.493 e. The molecule has 1 atom stereocenters. The zero-order valence-electron chi connectivity index (χ0n) is 16.9. The highest BCUT2D eigenvalue weighted by atomic mass is 16.5. The van der Waals surface area contributed by atoms with Crippen molar-refractivity contribution >= 4 is 11.9 Å². The van der Waals surface area contributed by atoms with Crippen molar-refractivity contribution < 1.29 is 9.53 Å². The Morgan fingerprint density at radius 3 is 2.61 bits per heavy atom. The fraction of sp³-hybridized carbons (Fsp3) is 0.160. The van der Waals surface area contributed by atoms with Gasteiger partial charge in [-0.2, -0.15) is 5.26 Å². The summed E-state index contributed by atoms with van der Waals surface area (Å²) in [6.45, 7) is 0.662. The third-order valence-corrected chi connectivity index (χ3v) is 5.41. The molecule has 1 amide bonds. The number of amides is 1. The number of nitrogens with one attached hydrogen (secondary N) is 1. The summed E-state index contributed by atoms with van der Waals surface area (Å²) in [5, 5.41) is 17.2. The molecule has 1 aliphatic rings. The van der Waals surface area contributed by atoms with Gasteiger partial charge in [-0.3, -0.25) is 15.1 Å². The molecule has 0 bridgehead atoms. The first-order valence-corrected chi connectivity index (χ1v) is 10.0. The Labute approximate surface area is 181 Å². The number of hydrogen-bond acceptors (Lipinski definition) is 4. The van der Waals surface area contributed by atoms with Crippen molar-refractivity contribution in [3.05, 3.63) is 89.5 Å². The fourth-order valence-electron chi connectivity index (χ4n) is 3.83. The molecule has 31 heavy (non-hydrogen) atoms. The SMILES string of the molecule is N#Cc1cccc(-c2ccc3c(c2)C(C(=O)N(Cc2ccccc2)C(=N)N)CCO3)c1. The first-order chi connectivity index (χ1) is 15.1. The molecular weight excluding hydrogens is 388 g/mol. The molecule has 4 rings (SSSR count). The standard InChI is InChI=1S/C25H22N4O2/c26-15-18-7-4-8-19(13-18)20-9-10-23-22(14-20)21(11-12-31-23)24(30)29(25(27)28)16-17-5-2-1-3-6-17/h1-10,13-14,21H,11-12,16H2,(H3,27,28). The summed E-state index contributed by atoms with van der Waals surface area (Å²) >= 11 is 0. The fourth-order valence-corrected chi connectivity index (χ4v) is 3.83. The molecule has 3 aromatic rings. The van der Waals surface area contributed by atoms with Crippen LogP contribution in [0, 0.1) is 16.7 Å². The van der Waals surface area contributed by atoms with Crippen molar-refractivity contribution in [1.29, 1.82) is 10.7 Å². The number of nitrogens with two attached hydrogens (primary N) is 1. The van der Waals surface area contributed by atoms with Crippen LogP contribution in [-0.4, -0.2) is 23.4 Å². The van der Waals surface area contributed by atoms with E-state index < -0.39 is 5.92 Å². The Morgan fingerprint density at radius 2 is 1.87 bits per heavy atom. The molecular formula is C25H22N4O2. The molecule has 1 aliphatic heterocycles. The highest BCUT2D eigenvalue weighted by Crippen LogP contribution is 2.38. The quantitative estimate of drug-likeness (QED) is 0.501. The van der Waals surface area contributed by atoms with Crippen LogP contribution in [0.1, 0.15) is 29.0 Å². The van der Waals surface area contributed by atoms with E-state index in [1.165, 1.54) is 4.90 Å².